The molecule has 0 aliphatic carbocycles. The Bertz CT molecular complexity index is 144. The summed E-state index contributed by atoms with van der Waals surface area (Å²) >= 11 is 0. The number of aliphatic hydroxyl groups is 1. The van der Waals surface area contributed by atoms with Gasteiger partial charge in [0.05, 0.1) is 6.10 Å². The quantitative estimate of drug-likeness (QED) is 0.465. The van der Waals surface area contributed by atoms with Crippen molar-refractivity contribution in [2.24, 2.45) is 0 Å². The van der Waals surface area contributed by atoms with E-state index in [1.165, 1.54) is 0 Å². The largest absolute Gasteiger partial charge is 0.393 e. The van der Waals surface area contributed by atoms with Crippen LogP contribution in [-0.2, 0) is 18.9 Å². The average Bonchev–Trinajstić information content (AvgIpc) is 2.79. The lowest BCUT2D eigenvalue weighted by atomic mass is 10.3. The SMILES string of the molecule is CC(O)CC(OC1CO1)OC1CO1. The Morgan fingerprint density at radius 2 is 1.77 bits per heavy atom. The summed E-state index contributed by atoms with van der Waals surface area (Å²) in [7, 11) is 0. The number of epoxide rings is 2. The molecule has 5 heteroatoms. The molecule has 2 fully saturated rings. The molecule has 76 valence electrons. The molecule has 0 aromatic carbocycles. The highest BCUT2D eigenvalue weighted by Gasteiger charge is 2.33. The van der Waals surface area contributed by atoms with Crippen molar-refractivity contribution in [1.82, 2.24) is 0 Å². The number of aliphatic hydroxyl groups excluding tert-OH is 1. The summed E-state index contributed by atoms with van der Waals surface area (Å²) in [6, 6.07) is 0. The maximum Gasteiger partial charge on any atom is 0.184 e. The number of hydrogen-bond acceptors (Lipinski definition) is 5. The molecule has 0 aromatic heterocycles. The molecule has 2 saturated heterocycles. The summed E-state index contributed by atoms with van der Waals surface area (Å²) in [4.78, 5) is 0. The van der Waals surface area contributed by atoms with Crippen LogP contribution in [-0.4, -0.2) is 43.3 Å². The molecule has 2 aliphatic rings. The number of rotatable bonds is 6. The van der Waals surface area contributed by atoms with Crippen LogP contribution in [0.3, 0.4) is 0 Å². The zero-order valence-corrected chi connectivity index (χ0v) is 7.51. The van der Waals surface area contributed by atoms with E-state index in [1.54, 1.807) is 6.92 Å². The van der Waals surface area contributed by atoms with Crippen LogP contribution in [0.5, 0.6) is 0 Å². The van der Waals surface area contributed by atoms with E-state index in [4.69, 9.17) is 24.1 Å². The lowest BCUT2D eigenvalue weighted by molar-refractivity contribution is -0.199. The monoisotopic (exact) mass is 190 g/mol. The van der Waals surface area contributed by atoms with Gasteiger partial charge in [-0.3, -0.25) is 0 Å². The van der Waals surface area contributed by atoms with Gasteiger partial charge in [-0.25, -0.2) is 0 Å². The molecule has 0 aromatic rings. The fraction of sp³-hybridized carbons (Fsp3) is 1.00. The van der Waals surface area contributed by atoms with Gasteiger partial charge in [-0.15, -0.1) is 0 Å². The van der Waals surface area contributed by atoms with Crippen molar-refractivity contribution in [3.63, 3.8) is 0 Å². The second-order valence-electron chi connectivity index (χ2n) is 3.31. The normalized spacial score (nSPS) is 35.5. The van der Waals surface area contributed by atoms with E-state index in [9.17, 15) is 0 Å². The van der Waals surface area contributed by atoms with Crippen molar-refractivity contribution >= 4 is 0 Å². The van der Waals surface area contributed by atoms with Crippen molar-refractivity contribution in [3.05, 3.63) is 0 Å². The summed E-state index contributed by atoms with van der Waals surface area (Å²) in [6.07, 6.45) is -0.716. The molecule has 0 amide bonds. The zero-order valence-electron chi connectivity index (χ0n) is 7.51. The highest BCUT2D eigenvalue weighted by Crippen LogP contribution is 2.21. The van der Waals surface area contributed by atoms with E-state index in [0.717, 1.165) is 0 Å². The lowest BCUT2D eigenvalue weighted by Gasteiger charge is -2.17. The maximum absolute atomic E-state index is 9.15. The lowest BCUT2D eigenvalue weighted by Crippen LogP contribution is -2.24. The molecular formula is C8H14O5. The van der Waals surface area contributed by atoms with E-state index in [-0.39, 0.29) is 12.6 Å². The van der Waals surface area contributed by atoms with Gasteiger partial charge in [0.25, 0.3) is 0 Å². The van der Waals surface area contributed by atoms with Crippen LogP contribution < -0.4 is 0 Å². The maximum atomic E-state index is 9.15. The fourth-order valence-corrected chi connectivity index (χ4v) is 0.996. The Morgan fingerprint density at radius 1 is 1.31 bits per heavy atom. The first-order valence-corrected chi connectivity index (χ1v) is 4.46. The first kappa shape index (κ1) is 9.36. The van der Waals surface area contributed by atoms with Gasteiger partial charge in [0.1, 0.15) is 13.2 Å². The van der Waals surface area contributed by atoms with Crippen LogP contribution in [0.4, 0.5) is 0 Å². The van der Waals surface area contributed by atoms with Gasteiger partial charge >= 0.3 is 0 Å². The van der Waals surface area contributed by atoms with Gasteiger partial charge in [0.2, 0.25) is 0 Å². The van der Waals surface area contributed by atoms with Crippen LogP contribution in [0.15, 0.2) is 0 Å². The minimum atomic E-state index is -0.442. The van der Waals surface area contributed by atoms with Crippen molar-refractivity contribution in [1.29, 1.82) is 0 Å². The topological polar surface area (TPSA) is 63.8 Å². The van der Waals surface area contributed by atoms with Crippen LogP contribution >= 0.6 is 0 Å². The second kappa shape index (κ2) is 3.89. The first-order valence-electron chi connectivity index (χ1n) is 4.46. The van der Waals surface area contributed by atoms with Crippen molar-refractivity contribution in [2.45, 2.75) is 38.3 Å². The van der Waals surface area contributed by atoms with Crippen molar-refractivity contribution in [3.8, 4) is 0 Å². The van der Waals surface area contributed by atoms with Gasteiger partial charge in [0, 0.05) is 6.42 Å². The molecule has 3 atom stereocenters. The predicted octanol–water partition coefficient (Wildman–Crippen LogP) is -0.171. The highest BCUT2D eigenvalue weighted by atomic mass is 16.9. The number of hydrogen-bond donors (Lipinski definition) is 1. The molecule has 0 saturated carbocycles. The molecule has 2 aliphatic heterocycles. The minimum Gasteiger partial charge on any atom is -0.393 e. The summed E-state index contributed by atoms with van der Waals surface area (Å²) in [5.41, 5.74) is 0. The smallest absolute Gasteiger partial charge is 0.184 e. The van der Waals surface area contributed by atoms with Crippen LogP contribution in [0.2, 0.25) is 0 Å². The molecule has 0 bridgehead atoms. The minimum absolute atomic E-state index is 0.150. The zero-order chi connectivity index (χ0) is 9.26. The Balaban J connectivity index is 1.70. The molecular weight excluding hydrogens is 176 g/mol. The van der Waals surface area contributed by atoms with E-state index < -0.39 is 12.4 Å². The Hall–Kier alpha value is -0.200. The standard InChI is InChI=1S/C8H14O5/c1-5(9)2-6(12-7-3-10-7)13-8-4-11-8/h5-9H,2-4H2,1H3. The molecule has 1 N–H and O–H groups in total. The molecule has 3 unspecified atom stereocenters. The Kier molecular flexibility index (Phi) is 2.80. The summed E-state index contributed by atoms with van der Waals surface area (Å²) < 4.78 is 20.5. The molecule has 2 heterocycles. The summed E-state index contributed by atoms with van der Waals surface area (Å²) in [5, 5.41) is 9.15. The van der Waals surface area contributed by atoms with Crippen LogP contribution in [0, 0.1) is 0 Å². The van der Waals surface area contributed by atoms with Gasteiger partial charge in [-0.1, -0.05) is 0 Å². The van der Waals surface area contributed by atoms with E-state index in [2.05, 4.69) is 0 Å². The fourth-order valence-electron chi connectivity index (χ4n) is 0.996. The number of ether oxygens (including phenoxy) is 4. The van der Waals surface area contributed by atoms with Crippen LogP contribution in [0.1, 0.15) is 13.3 Å². The average molecular weight is 190 g/mol. The van der Waals surface area contributed by atoms with E-state index in [1.807, 2.05) is 0 Å². The third kappa shape index (κ3) is 3.58. The van der Waals surface area contributed by atoms with Gasteiger partial charge in [-0.2, -0.15) is 0 Å². The van der Waals surface area contributed by atoms with Crippen molar-refractivity contribution < 1.29 is 24.1 Å². The van der Waals surface area contributed by atoms with E-state index in [0.29, 0.717) is 19.6 Å². The van der Waals surface area contributed by atoms with Gasteiger partial charge in [0.15, 0.2) is 18.9 Å². The molecule has 2 rings (SSSR count). The van der Waals surface area contributed by atoms with Crippen molar-refractivity contribution in [2.75, 3.05) is 13.2 Å². The second-order valence-corrected chi connectivity index (χ2v) is 3.31. The van der Waals surface area contributed by atoms with E-state index >= 15 is 0 Å². The molecule has 5 nitrogen and oxygen atoms in total. The summed E-state index contributed by atoms with van der Waals surface area (Å²) in [5.74, 6) is 0. The van der Waals surface area contributed by atoms with Crippen LogP contribution in [0.25, 0.3) is 0 Å². The third-order valence-electron chi connectivity index (χ3n) is 1.75. The molecule has 13 heavy (non-hydrogen) atoms. The predicted molar refractivity (Wildman–Crippen MR) is 41.7 cm³/mol. The Labute approximate surface area is 76.5 Å². The summed E-state index contributed by atoms with van der Waals surface area (Å²) in [6.45, 7) is 2.93. The third-order valence-corrected chi connectivity index (χ3v) is 1.75. The molecule has 0 radical (unpaired) electrons. The molecule has 0 spiro atoms. The van der Waals surface area contributed by atoms with Gasteiger partial charge < -0.3 is 24.1 Å². The first-order chi connectivity index (χ1) is 6.24. The van der Waals surface area contributed by atoms with Gasteiger partial charge in [-0.05, 0) is 6.92 Å². The highest BCUT2D eigenvalue weighted by molar-refractivity contribution is 4.63. The Morgan fingerprint density at radius 3 is 2.08 bits per heavy atom.